The van der Waals surface area contributed by atoms with E-state index in [1.807, 2.05) is 0 Å². The molecule has 0 aromatic heterocycles. The third-order valence-electron chi connectivity index (χ3n) is 1.61. The summed E-state index contributed by atoms with van der Waals surface area (Å²) in [4.78, 5) is 0. The molecule has 0 aliphatic rings. The number of phenols is 3. The summed E-state index contributed by atoms with van der Waals surface area (Å²) in [6.45, 7) is 0. The Hall–Kier alpha value is -0.850. The third kappa shape index (κ3) is 2.80. The fraction of sp³-hybridized carbons (Fsp3) is 0.143. The van der Waals surface area contributed by atoms with Crippen LogP contribution in [0.2, 0.25) is 5.02 Å². The van der Waals surface area contributed by atoms with E-state index in [0.717, 1.165) is 6.07 Å². The van der Waals surface area contributed by atoms with Gasteiger partial charge in [-0.1, -0.05) is 11.6 Å². The first-order valence-electron chi connectivity index (χ1n) is 3.57. The van der Waals surface area contributed by atoms with Crippen molar-refractivity contribution in [1.82, 2.24) is 0 Å². The van der Waals surface area contributed by atoms with Gasteiger partial charge in [0, 0.05) is 22.3 Å². The molecule has 0 saturated heterocycles. The number of phenolic OH excluding ortho intramolecular Hbond substituents is 3. The Kier molecular flexibility index (Phi) is 3.22. The van der Waals surface area contributed by atoms with Gasteiger partial charge < -0.3 is 15.3 Å². The summed E-state index contributed by atoms with van der Waals surface area (Å²) in [5.74, 6) is -2.72. The Balaban J connectivity index is 3.40. The first-order valence-corrected chi connectivity index (χ1v) is 6.42. The average Bonchev–Trinajstić information content (AvgIpc) is 2.08. The predicted molar refractivity (Wildman–Crippen MR) is 54.9 cm³/mol. The van der Waals surface area contributed by atoms with Crippen LogP contribution in [0.4, 0.5) is 0 Å². The molecule has 0 saturated carbocycles. The second kappa shape index (κ2) is 3.96. The van der Waals surface area contributed by atoms with E-state index in [2.05, 4.69) is 0 Å². The number of hydrogen-bond donors (Lipinski definition) is 3. The molecule has 0 aliphatic heterocycles. The summed E-state index contributed by atoms with van der Waals surface area (Å²) in [5.41, 5.74) is -0.343. The summed E-state index contributed by atoms with van der Waals surface area (Å²) >= 11 is 5.53. The molecule has 0 unspecified atom stereocenters. The van der Waals surface area contributed by atoms with E-state index in [1.165, 1.54) is 0 Å². The monoisotopic (exact) mass is 272 g/mol. The van der Waals surface area contributed by atoms with Crippen LogP contribution >= 0.6 is 22.3 Å². The lowest BCUT2D eigenvalue weighted by molar-refractivity contribution is 0.393. The minimum absolute atomic E-state index is 0.343. The predicted octanol–water partition coefficient (Wildman–Crippen LogP) is 1.53. The van der Waals surface area contributed by atoms with Crippen molar-refractivity contribution in [2.24, 2.45) is 0 Å². The highest BCUT2D eigenvalue weighted by molar-refractivity contribution is 8.13. The van der Waals surface area contributed by atoms with Gasteiger partial charge in [0.1, 0.15) is 5.75 Å². The van der Waals surface area contributed by atoms with Crippen LogP contribution in [-0.2, 0) is 14.8 Å². The second-order valence-electron chi connectivity index (χ2n) is 2.74. The lowest BCUT2D eigenvalue weighted by Gasteiger charge is -2.08. The molecule has 0 fully saturated rings. The van der Waals surface area contributed by atoms with Gasteiger partial charge in [-0.15, -0.1) is 0 Å². The molecular weight excluding hydrogens is 267 g/mol. The van der Waals surface area contributed by atoms with E-state index in [9.17, 15) is 13.5 Å². The van der Waals surface area contributed by atoms with E-state index >= 15 is 0 Å². The van der Waals surface area contributed by atoms with E-state index in [1.54, 1.807) is 0 Å². The van der Waals surface area contributed by atoms with Crippen LogP contribution in [0.3, 0.4) is 0 Å². The van der Waals surface area contributed by atoms with Crippen LogP contribution in [-0.4, -0.2) is 23.7 Å². The summed E-state index contributed by atoms with van der Waals surface area (Å²) < 4.78 is 21.5. The first kappa shape index (κ1) is 12.2. The standard InChI is InChI=1S/C7H6Cl2O5S/c8-6-3(2-15(9,13)14)7(12)5(11)1-4(6)10/h1,10-12H,2H2. The number of rotatable bonds is 2. The lowest BCUT2D eigenvalue weighted by atomic mass is 10.2. The van der Waals surface area contributed by atoms with Crippen LogP contribution in [0.15, 0.2) is 6.07 Å². The van der Waals surface area contributed by atoms with Gasteiger partial charge in [-0.2, -0.15) is 0 Å². The number of hydrogen-bond acceptors (Lipinski definition) is 5. The third-order valence-corrected chi connectivity index (χ3v) is 2.99. The quantitative estimate of drug-likeness (QED) is 0.431. The smallest absolute Gasteiger partial charge is 0.236 e. The molecule has 3 N–H and O–H groups in total. The van der Waals surface area contributed by atoms with Crippen molar-refractivity contribution < 1.29 is 23.7 Å². The summed E-state index contributed by atoms with van der Waals surface area (Å²) in [7, 11) is 1.01. The maximum Gasteiger partial charge on any atom is 0.236 e. The maximum atomic E-state index is 10.8. The van der Waals surface area contributed by atoms with Gasteiger partial charge in [0.2, 0.25) is 9.05 Å². The Morgan fingerprint density at radius 1 is 1.20 bits per heavy atom. The van der Waals surface area contributed by atoms with Gasteiger partial charge in [0.05, 0.1) is 10.8 Å². The molecule has 0 atom stereocenters. The molecule has 5 nitrogen and oxygen atoms in total. The van der Waals surface area contributed by atoms with Crippen LogP contribution in [0.25, 0.3) is 0 Å². The molecule has 0 amide bonds. The van der Waals surface area contributed by atoms with Gasteiger partial charge in [0.15, 0.2) is 11.5 Å². The van der Waals surface area contributed by atoms with Crippen molar-refractivity contribution in [1.29, 1.82) is 0 Å². The van der Waals surface area contributed by atoms with Crippen LogP contribution in [0.1, 0.15) is 5.56 Å². The van der Waals surface area contributed by atoms with E-state index in [0.29, 0.717) is 0 Å². The fourth-order valence-electron chi connectivity index (χ4n) is 0.978. The van der Waals surface area contributed by atoms with Crippen molar-refractivity contribution >= 4 is 31.3 Å². The summed E-state index contributed by atoms with van der Waals surface area (Å²) in [5, 5.41) is 27.2. The van der Waals surface area contributed by atoms with Crippen LogP contribution < -0.4 is 0 Å². The lowest BCUT2D eigenvalue weighted by Crippen LogP contribution is -1.97. The topological polar surface area (TPSA) is 94.8 Å². The Morgan fingerprint density at radius 2 is 1.73 bits per heavy atom. The van der Waals surface area contributed by atoms with E-state index in [4.69, 9.17) is 32.5 Å². The molecule has 0 spiro atoms. The minimum atomic E-state index is -3.95. The van der Waals surface area contributed by atoms with Crippen molar-refractivity contribution in [2.75, 3.05) is 0 Å². The first-order chi connectivity index (χ1) is 6.72. The Bertz CT molecular complexity index is 470. The van der Waals surface area contributed by atoms with Crippen LogP contribution in [0, 0.1) is 0 Å². The largest absolute Gasteiger partial charge is 0.506 e. The molecule has 84 valence electrons. The summed E-state index contributed by atoms with van der Waals surface area (Å²) in [6.07, 6.45) is 0. The zero-order chi connectivity index (χ0) is 11.8. The molecule has 15 heavy (non-hydrogen) atoms. The molecular formula is C7H6Cl2O5S. The number of aromatic hydroxyl groups is 3. The second-order valence-corrected chi connectivity index (χ2v) is 5.89. The summed E-state index contributed by atoms with van der Waals surface area (Å²) in [6, 6.07) is 0.794. The molecule has 1 aromatic carbocycles. The zero-order valence-corrected chi connectivity index (χ0v) is 9.44. The molecule has 1 rings (SSSR count). The van der Waals surface area contributed by atoms with Gasteiger partial charge >= 0.3 is 0 Å². The van der Waals surface area contributed by atoms with Crippen molar-refractivity contribution in [2.45, 2.75) is 5.75 Å². The Labute approximate surface area is 94.9 Å². The van der Waals surface area contributed by atoms with Crippen molar-refractivity contribution in [3.63, 3.8) is 0 Å². The Morgan fingerprint density at radius 3 is 2.20 bits per heavy atom. The fourth-order valence-corrected chi connectivity index (χ4v) is 2.22. The number of benzene rings is 1. The molecule has 0 radical (unpaired) electrons. The van der Waals surface area contributed by atoms with Gasteiger partial charge in [-0.3, -0.25) is 0 Å². The highest BCUT2D eigenvalue weighted by atomic mass is 35.7. The highest BCUT2D eigenvalue weighted by Crippen LogP contribution is 2.41. The zero-order valence-electron chi connectivity index (χ0n) is 7.11. The van der Waals surface area contributed by atoms with Crippen molar-refractivity contribution in [3.05, 3.63) is 16.7 Å². The normalized spacial score (nSPS) is 11.6. The molecule has 0 heterocycles. The van der Waals surface area contributed by atoms with E-state index < -0.39 is 32.1 Å². The minimum Gasteiger partial charge on any atom is -0.506 e. The van der Waals surface area contributed by atoms with E-state index in [-0.39, 0.29) is 10.6 Å². The maximum absolute atomic E-state index is 10.8. The average molecular weight is 273 g/mol. The molecule has 0 aliphatic carbocycles. The molecule has 8 heteroatoms. The molecule has 0 bridgehead atoms. The van der Waals surface area contributed by atoms with Gasteiger partial charge in [0.25, 0.3) is 0 Å². The van der Waals surface area contributed by atoms with Gasteiger partial charge in [-0.05, 0) is 0 Å². The van der Waals surface area contributed by atoms with Crippen LogP contribution in [0.5, 0.6) is 17.2 Å². The highest BCUT2D eigenvalue weighted by Gasteiger charge is 2.20. The molecule has 1 aromatic rings. The SMILES string of the molecule is O=S(=O)(Cl)Cc1c(O)c(O)cc(O)c1Cl. The number of halogens is 2. The van der Waals surface area contributed by atoms with Crippen molar-refractivity contribution in [3.8, 4) is 17.2 Å². The van der Waals surface area contributed by atoms with Gasteiger partial charge in [-0.25, -0.2) is 8.42 Å².